The first kappa shape index (κ1) is 37.6. The summed E-state index contributed by atoms with van der Waals surface area (Å²) in [5.74, 6) is 0.690. The van der Waals surface area contributed by atoms with Gasteiger partial charge in [-0.3, -0.25) is 14.9 Å². The summed E-state index contributed by atoms with van der Waals surface area (Å²) in [5, 5.41) is 28.0. The molecule has 2 aliphatic rings. The van der Waals surface area contributed by atoms with E-state index in [1.165, 1.54) is 12.1 Å². The second kappa shape index (κ2) is 17.2. The highest BCUT2D eigenvalue weighted by molar-refractivity contribution is 5.96. The number of aliphatic hydroxyl groups is 1. The maximum atomic E-state index is 13.4. The van der Waals surface area contributed by atoms with Crippen LogP contribution >= 0.6 is 0 Å². The van der Waals surface area contributed by atoms with Crippen LogP contribution in [-0.2, 0) is 22.5 Å². The Morgan fingerprint density at radius 1 is 0.964 bits per heavy atom. The van der Waals surface area contributed by atoms with Crippen molar-refractivity contribution in [3.05, 3.63) is 118 Å². The fourth-order valence-electron chi connectivity index (χ4n) is 7.65. The summed E-state index contributed by atoms with van der Waals surface area (Å²) in [6.45, 7) is 3.68. The number of methoxy groups -OCH3 is 1. The fourth-order valence-corrected chi connectivity index (χ4v) is 7.65. The number of fused-ring (bicyclic) bond motifs is 2. The van der Waals surface area contributed by atoms with Gasteiger partial charge in [0.1, 0.15) is 17.6 Å². The van der Waals surface area contributed by atoms with Gasteiger partial charge in [-0.05, 0) is 73.2 Å². The number of rotatable bonds is 13. The Morgan fingerprint density at radius 2 is 1.75 bits per heavy atom. The van der Waals surface area contributed by atoms with Crippen LogP contribution in [0.4, 0.5) is 16.2 Å². The number of para-hydroxylation sites is 1. The lowest BCUT2D eigenvalue weighted by atomic mass is 10.0. The van der Waals surface area contributed by atoms with E-state index in [1.54, 1.807) is 19.2 Å². The Labute approximate surface area is 319 Å². The van der Waals surface area contributed by atoms with Crippen LogP contribution in [0, 0.1) is 0 Å². The molecule has 2 amide bonds. The maximum absolute atomic E-state index is 13.4. The molecule has 1 fully saturated rings. The third kappa shape index (κ3) is 8.83. The van der Waals surface area contributed by atoms with Crippen molar-refractivity contribution < 1.29 is 29.3 Å². The quantitative estimate of drug-likeness (QED) is 0.0959. The summed E-state index contributed by atoms with van der Waals surface area (Å²) in [5.41, 5.74) is 6.10. The number of nitrogens with zero attached hydrogens (tertiary/aromatic N) is 2. The average Bonchev–Trinajstić information content (AvgIpc) is 3.62. The average molecular weight is 746 g/mol. The Bertz CT molecular complexity index is 2200. The third-order valence-electron chi connectivity index (χ3n) is 10.5. The summed E-state index contributed by atoms with van der Waals surface area (Å²) in [7, 11) is 1.61. The number of anilines is 2. The Balaban J connectivity index is 0.855. The Kier molecular flexibility index (Phi) is 11.8. The molecule has 5 aromatic rings. The van der Waals surface area contributed by atoms with Gasteiger partial charge in [0.05, 0.1) is 30.1 Å². The van der Waals surface area contributed by atoms with Crippen molar-refractivity contribution in [2.45, 2.75) is 50.9 Å². The second-order valence-electron chi connectivity index (χ2n) is 14.1. The molecule has 1 aromatic heterocycles. The van der Waals surface area contributed by atoms with E-state index in [4.69, 9.17) is 9.47 Å². The Hall–Kier alpha value is -5.69. The van der Waals surface area contributed by atoms with Gasteiger partial charge in [0.25, 0.3) is 0 Å². The molecule has 2 aliphatic heterocycles. The van der Waals surface area contributed by atoms with Crippen molar-refractivity contribution in [3.8, 4) is 22.6 Å². The number of hydrogen-bond donors (Lipinski definition) is 5. The van der Waals surface area contributed by atoms with Crippen molar-refractivity contribution >= 4 is 34.3 Å². The zero-order chi connectivity index (χ0) is 38.3. The molecule has 1 unspecified atom stereocenters. The third-order valence-corrected chi connectivity index (χ3v) is 10.5. The van der Waals surface area contributed by atoms with Gasteiger partial charge in [-0.15, -0.1) is 0 Å². The molecule has 0 aliphatic carbocycles. The lowest BCUT2D eigenvalue weighted by Gasteiger charge is -2.31. The summed E-state index contributed by atoms with van der Waals surface area (Å²) >= 11 is 0. The molecule has 3 heterocycles. The van der Waals surface area contributed by atoms with Crippen molar-refractivity contribution in [3.63, 3.8) is 0 Å². The molecule has 0 saturated carbocycles. The van der Waals surface area contributed by atoms with Crippen LogP contribution in [0.2, 0.25) is 0 Å². The number of piperidine rings is 1. The molecule has 0 spiro atoms. The fraction of sp³-hybridized carbons (Fsp3) is 0.326. The molecular weight excluding hydrogens is 699 g/mol. The molecule has 5 N–H and O–H groups in total. The first-order valence-corrected chi connectivity index (χ1v) is 18.9. The molecular formula is C43H47N5O7. The number of amides is 2. The highest BCUT2D eigenvalue weighted by atomic mass is 16.6. The number of phenolic OH excluding ortho intramolecular Hbond substituents is 1. The highest BCUT2D eigenvalue weighted by Crippen LogP contribution is 2.36. The number of H-pyrrole nitrogens is 1. The minimum absolute atomic E-state index is 0.0559. The zero-order valence-corrected chi connectivity index (χ0v) is 30.9. The van der Waals surface area contributed by atoms with Gasteiger partial charge in [-0.2, -0.15) is 0 Å². The number of aromatic hydroxyl groups is 1. The summed E-state index contributed by atoms with van der Waals surface area (Å²) in [6.07, 6.45) is 1.91. The number of hydrogen-bond acceptors (Lipinski definition) is 9. The van der Waals surface area contributed by atoms with Gasteiger partial charge >= 0.3 is 6.09 Å². The van der Waals surface area contributed by atoms with Crippen LogP contribution in [0.15, 0.2) is 95.8 Å². The van der Waals surface area contributed by atoms with Gasteiger partial charge in [-0.1, -0.05) is 54.6 Å². The first-order valence-electron chi connectivity index (χ1n) is 18.9. The molecule has 0 radical (unpaired) electrons. The number of pyridine rings is 1. The molecule has 0 bridgehead atoms. The van der Waals surface area contributed by atoms with Crippen LogP contribution in [0.1, 0.15) is 48.5 Å². The van der Waals surface area contributed by atoms with E-state index in [0.717, 1.165) is 73.3 Å². The molecule has 55 heavy (non-hydrogen) atoms. The van der Waals surface area contributed by atoms with E-state index in [1.807, 2.05) is 65.6 Å². The topological polar surface area (TPSA) is 156 Å². The first-order chi connectivity index (χ1) is 26.8. The van der Waals surface area contributed by atoms with Gasteiger partial charge < -0.3 is 39.8 Å². The van der Waals surface area contributed by atoms with E-state index in [0.29, 0.717) is 47.4 Å². The number of carbonyl (C=O) groups excluding carboxylic acids is 2. The zero-order valence-electron chi connectivity index (χ0n) is 30.9. The normalized spacial score (nSPS) is 15.1. The Morgan fingerprint density at radius 3 is 2.55 bits per heavy atom. The summed E-state index contributed by atoms with van der Waals surface area (Å²) in [6, 6.07) is 27.7. The van der Waals surface area contributed by atoms with E-state index in [9.17, 15) is 24.6 Å². The van der Waals surface area contributed by atoms with E-state index in [2.05, 4.69) is 26.6 Å². The van der Waals surface area contributed by atoms with Crippen molar-refractivity contribution in [2.75, 3.05) is 50.1 Å². The number of aromatic nitrogens is 1. The number of aromatic amines is 1. The van der Waals surface area contributed by atoms with Crippen molar-refractivity contribution in [1.82, 2.24) is 15.2 Å². The number of likely N-dealkylation sites (tertiary alicyclic amines) is 1. The van der Waals surface area contributed by atoms with Crippen molar-refractivity contribution in [2.24, 2.45) is 0 Å². The predicted molar refractivity (Wildman–Crippen MR) is 213 cm³/mol. The standard InChI is InChI=1S/C43H47N5O7/c1-54-39-25-36-29(24-30(39)26-44-27-38(50)33-13-15-37(49)42-34(33)14-16-40(51)46-42)17-23-48(36)41(52)12-7-20-47-21-18-31(19-22-47)55-43(53)45-35-11-6-5-10-32(35)28-8-3-2-4-9-28/h2-6,8-11,13-16,24-25,31,38,44,49-50H,7,12,17-23,26-27H2,1H3,(H,45,53)(H,46,51). The number of benzene rings is 4. The molecule has 12 heteroatoms. The van der Waals surface area contributed by atoms with Crippen LogP contribution < -0.4 is 25.8 Å². The maximum Gasteiger partial charge on any atom is 0.411 e. The van der Waals surface area contributed by atoms with Crippen LogP contribution in [-0.4, -0.2) is 78.0 Å². The molecule has 286 valence electrons. The smallest absolute Gasteiger partial charge is 0.411 e. The van der Waals surface area contributed by atoms with Gasteiger partial charge in [0, 0.05) is 67.8 Å². The minimum Gasteiger partial charge on any atom is -0.506 e. The number of nitrogens with one attached hydrogen (secondary N) is 3. The highest BCUT2D eigenvalue weighted by Gasteiger charge is 2.28. The number of phenols is 1. The lowest BCUT2D eigenvalue weighted by molar-refractivity contribution is -0.118. The van der Waals surface area contributed by atoms with E-state index in [-0.39, 0.29) is 29.9 Å². The van der Waals surface area contributed by atoms with Crippen LogP contribution in [0.25, 0.3) is 22.0 Å². The largest absolute Gasteiger partial charge is 0.506 e. The SMILES string of the molecule is COc1cc2c(cc1CNCC(O)c1ccc(O)c3[nH]c(=O)ccc13)CCN2C(=O)CCCN1CCC(OC(=O)Nc2ccccc2-c2ccccc2)CC1. The van der Waals surface area contributed by atoms with Crippen molar-refractivity contribution in [1.29, 1.82) is 0 Å². The molecule has 1 saturated heterocycles. The van der Waals surface area contributed by atoms with Crippen LogP contribution in [0.3, 0.4) is 0 Å². The summed E-state index contributed by atoms with van der Waals surface area (Å²) in [4.78, 5) is 44.8. The predicted octanol–water partition coefficient (Wildman–Crippen LogP) is 6.11. The minimum atomic E-state index is -0.886. The molecule has 4 aromatic carbocycles. The summed E-state index contributed by atoms with van der Waals surface area (Å²) < 4.78 is 11.5. The molecule has 1 atom stereocenters. The number of ether oxygens (including phenoxy) is 2. The second-order valence-corrected chi connectivity index (χ2v) is 14.1. The van der Waals surface area contributed by atoms with Gasteiger partial charge in [0.15, 0.2) is 0 Å². The lowest BCUT2D eigenvalue weighted by Crippen LogP contribution is -2.39. The molecule has 12 nitrogen and oxygen atoms in total. The molecule has 7 rings (SSSR count). The van der Waals surface area contributed by atoms with E-state index >= 15 is 0 Å². The number of aliphatic hydroxyl groups excluding tert-OH is 1. The van der Waals surface area contributed by atoms with Gasteiger partial charge in [-0.25, -0.2) is 4.79 Å². The number of carbonyl (C=O) groups is 2. The monoisotopic (exact) mass is 745 g/mol. The van der Waals surface area contributed by atoms with E-state index < -0.39 is 12.2 Å². The van der Waals surface area contributed by atoms with Crippen LogP contribution in [0.5, 0.6) is 11.5 Å². The van der Waals surface area contributed by atoms with Gasteiger partial charge in [0.2, 0.25) is 11.5 Å².